The lowest BCUT2D eigenvalue weighted by Crippen LogP contribution is -2.45. The van der Waals surface area contributed by atoms with Crippen LogP contribution in [-0.4, -0.2) is 23.7 Å². The van der Waals surface area contributed by atoms with Crippen LogP contribution < -0.4 is 4.90 Å². The summed E-state index contributed by atoms with van der Waals surface area (Å²) < 4.78 is 13.8. The number of piperidine rings is 1. The zero-order valence-electron chi connectivity index (χ0n) is 11.6. The molecule has 3 nitrogen and oxygen atoms in total. The van der Waals surface area contributed by atoms with Crippen LogP contribution in [0.25, 0.3) is 0 Å². The molecule has 1 N–H and O–H groups in total. The van der Waals surface area contributed by atoms with E-state index in [2.05, 4.69) is 25.7 Å². The maximum absolute atomic E-state index is 13.8. The van der Waals surface area contributed by atoms with E-state index in [0.717, 1.165) is 12.2 Å². The van der Waals surface area contributed by atoms with Gasteiger partial charge in [0, 0.05) is 18.3 Å². The Kier molecular flexibility index (Phi) is 3.78. The average molecular weight is 265 g/mol. The van der Waals surface area contributed by atoms with E-state index in [4.69, 9.17) is 5.11 Å². The van der Waals surface area contributed by atoms with E-state index < -0.39 is 11.8 Å². The Hall–Kier alpha value is -1.58. The summed E-state index contributed by atoms with van der Waals surface area (Å²) in [7, 11) is 0. The topological polar surface area (TPSA) is 40.5 Å². The van der Waals surface area contributed by atoms with Crippen molar-refractivity contribution in [3.05, 3.63) is 29.6 Å². The molecule has 0 aliphatic carbocycles. The molecule has 1 aliphatic heterocycles. The molecule has 1 aromatic carbocycles. The van der Waals surface area contributed by atoms with Crippen molar-refractivity contribution in [3.8, 4) is 0 Å². The van der Waals surface area contributed by atoms with Gasteiger partial charge in [0.2, 0.25) is 0 Å². The Morgan fingerprint density at radius 3 is 2.63 bits per heavy atom. The van der Waals surface area contributed by atoms with E-state index in [1.807, 2.05) is 0 Å². The summed E-state index contributed by atoms with van der Waals surface area (Å²) in [6.07, 6.45) is 1.17. The molecule has 3 atom stereocenters. The van der Waals surface area contributed by atoms with Gasteiger partial charge in [0.25, 0.3) is 0 Å². The van der Waals surface area contributed by atoms with E-state index in [-0.39, 0.29) is 5.56 Å². The van der Waals surface area contributed by atoms with Gasteiger partial charge >= 0.3 is 5.97 Å². The molecule has 0 aromatic heterocycles. The molecule has 0 saturated carbocycles. The molecule has 0 spiro atoms. The van der Waals surface area contributed by atoms with E-state index in [1.54, 1.807) is 6.07 Å². The standard InChI is InChI=1S/C15H20FNO2/c1-9-6-10(2)11(3)17(8-9)12-4-5-13(15(18)19)14(16)7-12/h4-5,7,9-11H,6,8H2,1-3H3,(H,18,19). The molecular weight excluding hydrogens is 245 g/mol. The molecule has 0 radical (unpaired) electrons. The second kappa shape index (κ2) is 5.19. The van der Waals surface area contributed by atoms with Crippen LogP contribution in [0.15, 0.2) is 18.2 Å². The summed E-state index contributed by atoms with van der Waals surface area (Å²) in [5, 5.41) is 8.85. The van der Waals surface area contributed by atoms with Crippen LogP contribution in [0.5, 0.6) is 0 Å². The summed E-state index contributed by atoms with van der Waals surface area (Å²) >= 11 is 0. The Bertz CT molecular complexity index is 489. The monoisotopic (exact) mass is 265 g/mol. The Morgan fingerprint density at radius 2 is 2.05 bits per heavy atom. The third-order valence-corrected chi connectivity index (χ3v) is 4.11. The second-order valence-electron chi connectivity index (χ2n) is 5.68. The average Bonchev–Trinajstić information content (AvgIpc) is 2.33. The van der Waals surface area contributed by atoms with E-state index >= 15 is 0 Å². The SMILES string of the molecule is CC1CC(C)C(C)N(c2ccc(C(=O)O)c(F)c2)C1. The molecule has 104 valence electrons. The van der Waals surface area contributed by atoms with Crippen LogP contribution >= 0.6 is 0 Å². The highest BCUT2D eigenvalue weighted by atomic mass is 19.1. The minimum Gasteiger partial charge on any atom is -0.478 e. The third kappa shape index (κ3) is 2.72. The Labute approximate surface area is 113 Å². The Balaban J connectivity index is 2.31. The van der Waals surface area contributed by atoms with E-state index in [9.17, 15) is 9.18 Å². The molecular formula is C15H20FNO2. The van der Waals surface area contributed by atoms with Crippen LogP contribution in [0.1, 0.15) is 37.6 Å². The van der Waals surface area contributed by atoms with Crippen molar-refractivity contribution >= 4 is 11.7 Å². The number of hydrogen-bond donors (Lipinski definition) is 1. The van der Waals surface area contributed by atoms with Gasteiger partial charge < -0.3 is 10.0 Å². The number of carboxylic acid groups (broad SMARTS) is 1. The highest BCUT2D eigenvalue weighted by molar-refractivity contribution is 5.88. The number of carboxylic acids is 1. The Morgan fingerprint density at radius 1 is 1.37 bits per heavy atom. The van der Waals surface area contributed by atoms with Gasteiger partial charge in [-0.2, -0.15) is 0 Å². The molecule has 1 aliphatic rings. The molecule has 4 heteroatoms. The fourth-order valence-electron chi connectivity index (χ4n) is 2.91. The van der Waals surface area contributed by atoms with Crippen molar-refractivity contribution in [2.24, 2.45) is 11.8 Å². The number of halogens is 1. The van der Waals surface area contributed by atoms with Crippen LogP contribution in [0.4, 0.5) is 10.1 Å². The maximum Gasteiger partial charge on any atom is 0.338 e. The first-order valence-corrected chi connectivity index (χ1v) is 6.69. The van der Waals surface area contributed by atoms with Crippen LogP contribution in [0.2, 0.25) is 0 Å². The smallest absolute Gasteiger partial charge is 0.338 e. The molecule has 3 unspecified atom stereocenters. The first kappa shape index (κ1) is 13.8. The van der Waals surface area contributed by atoms with Gasteiger partial charge in [-0.25, -0.2) is 9.18 Å². The molecule has 0 bridgehead atoms. The predicted octanol–water partition coefficient (Wildman–Crippen LogP) is 3.39. The van der Waals surface area contributed by atoms with Crippen LogP contribution in [0, 0.1) is 17.7 Å². The van der Waals surface area contributed by atoms with Crippen LogP contribution in [-0.2, 0) is 0 Å². The van der Waals surface area contributed by atoms with Crippen molar-refractivity contribution < 1.29 is 14.3 Å². The van der Waals surface area contributed by atoms with Gasteiger partial charge in [0.1, 0.15) is 5.82 Å². The summed E-state index contributed by atoms with van der Waals surface area (Å²) in [5.74, 6) is -0.778. The number of rotatable bonds is 2. The van der Waals surface area contributed by atoms with Crippen molar-refractivity contribution in [2.75, 3.05) is 11.4 Å². The lowest BCUT2D eigenvalue weighted by Gasteiger charge is -2.42. The lowest BCUT2D eigenvalue weighted by molar-refractivity contribution is 0.0692. The van der Waals surface area contributed by atoms with Crippen LogP contribution in [0.3, 0.4) is 0 Å². The van der Waals surface area contributed by atoms with Gasteiger partial charge in [-0.15, -0.1) is 0 Å². The molecule has 2 rings (SSSR count). The molecule has 1 saturated heterocycles. The van der Waals surface area contributed by atoms with Crippen molar-refractivity contribution in [2.45, 2.75) is 33.2 Å². The first-order chi connectivity index (χ1) is 8.90. The number of hydrogen-bond acceptors (Lipinski definition) is 2. The third-order valence-electron chi connectivity index (χ3n) is 4.11. The van der Waals surface area contributed by atoms with Crippen molar-refractivity contribution in [1.82, 2.24) is 0 Å². The fourth-order valence-corrected chi connectivity index (χ4v) is 2.91. The summed E-state index contributed by atoms with van der Waals surface area (Å²) in [5.41, 5.74) is 0.503. The quantitative estimate of drug-likeness (QED) is 0.891. The van der Waals surface area contributed by atoms with Gasteiger partial charge in [0.05, 0.1) is 5.56 Å². The molecule has 1 heterocycles. The number of aromatic carboxylic acids is 1. The zero-order chi connectivity index (χ0) is 14.2. The van der Waals surface area contributed by atoms with Crippen molar-refractivity contribution in [3.63, 3.8) is 0 Å². The minimum absolute atomic E-state index is 0.269. The molecule has 1 fully saturated rings. The number of carbonyl (C=O) groups is 1. The molecule has 19 heavy (non-hydrogen) atoms. The number of anilines is 1. The first-order valence-electron chi connectivity index (χ1n) is 6.69. The van der Waals surface area contributed by atoms with E-state index in [0.29, 0.717) is 17.9 Å². The maximum atomic E-state index is 13.8. The lowest BCUT2D eigenvalue weighted by atomic mass is 9.85. The highest BCUT2D eigenvalue weighted by Crippen LogP contribution is 2.31. The second-order valence-corrected chi connectivity index (χ2v) is 5.68. The highest BCUT2D eigenvalue weighted by Gasteiger charge is 2.29. The van der Waals surface area contributed by atoms with Gasteiger partial charge in [-0.1, -0.05) is 13.8 Å². The van der Waals surface area contributed by atoms with Crippen molar-refractivity contribution in [1.29, 1.82) is 0 Å². The number of benzene rings is 1. The van der Waals surface area contributed by atoms with Gasteiger partial charge in [-0.3, -0.25) is 0 Å². The normalized spacial score (nSPS) is 27.4. The van der Waals surface area contributed by atoms with Gasteiger partial charge in [0.15, 0.2) is 0 Å². The predicted molar refractivity (Wildman–Crippen MR) is 73.1 cm³/mol. The molecule has 1 aromatic rings. The largest absolute Gasteiger partial charge is 0.478 e. The summed E-state index contributed by atoms with van der Waals surface area (Å²) in [4.78, 5) is 13.0. The minimum atomic E-state index is -1.22. The number of nitrogens with zero attached hydrogens (tertiary/aromatic N) is 1. The summed E-state index contributed by atoms with van der Waals surface area (Å²) in [6, 6.07) is 4.73. The molecule has 0 amide bonds. The van der Waals surface area contributed by atoms with Gasteiger partial charge in [-0.05, 0) is 43.4 Å². The van der Waals surface area contributed by atoms with E-state index in [1.165, 1.54) is 18.6 Å². The zero-order valence-corrected chi connectivity index (χ0v) is 11.6. The summed E-state index contributed by atoms with van der Waals surface area (Å²) in [6.45, 7) is 7.42. The fraction of sp³-hybridized carbons (Fsp3) is 0.533.